The number of rotatable bonds is 2. The Kier molecular flexibility index (Phi) is 7.85. The molecule has 3 saturated heterocycles. The van der Waals surface area contributed by atoms with E-state index in [-0.39, 0.29) is 44.8 Å². The van der Waals surface area contributed by atoms with Gasteiger partial charge in [-0.3, -0.25) is 27.2 Å². The zero-order chi connectivity index (χ0) is 31.7. The molecule has 0 saturated carbocycles. The number of ether oxygens (including phenoxy) is 2. The smallest absolute Gasteiger partial charge is 0.387 e. The number of anilines is 2. The van der Waals surface area contributed by atoms with Crippen molar-refractivity contribution in [3.05, 3.63) is 25.3 Å². The Morgan fingerprint density at radius 3 is 2.02 bits per heavy atom. The van der Waals surface area contributed by atoms with E-state index in [0.29, 0.717) is 0 Å². The van der Waals surface area contributed by atoms with Crippen LogP contribution in [0.1, 0.15) is 12.5 Å². The molecule has 0 aliphatic carbocycles. The van der Waals surface area contributed by atoms with Crippen LogP contribution in [-0.2, 0) is 36.7 Å². The van der Waals surface area contributed by atoms with E-state index >= 15 is 0 Å². The van der Waals surface area contributed by atoms with Crippen molar-refractivity contribution in [1.29, 1.82) is 0 Å². The van der Waals surface area contributed by atoms with Crippen molar-refractivity contribution in [2.24, 2.45) is 0 Å². The van der Waals surface area contributed by atoms with Crippen molar-refractivity contribution in [3.8, 4) is 5.69 Å². The molecule has 2 bridgehead atoms. The predicted octanol–water partition coefficient (Wildman–Crippen LogP) is 0.633. The average Bonchev–Trinajstić information content (AvgIpc) is 3.77. The highest BCUT2D eigenvalue weighted by molar-refractivity contribution is 8.48. The molecule has 3 aliphatic heterocycles. The Labute approximate surface area is 260 Å². The number of nitrogens with two attached hydrogens (primary N) is 2. The van der Waals surface area contributed by atoms with Gasteiger partial charge in [-0.2, -0.15) is 0 Å². The number of aromatic nitrogens is 8. The molecule has 240 valence electrons. The Hall–Kier alpha value is -2.81. The number of imidazole rings is 2. The molecule has 0 spiro atoms. The molecule has 7 rings (SSSR count). The minimum Gasteiger partial charge on any atom is -0.387 e. The minimum absolute atomic E-state index is 0.0858. The number of nitrogen functional groups attached to an aromatic ring is 2. The summed E-state index contributed by atoms with van der Waals surface area (Å²) in [5.74, 6) is 0.180. The molecule has 4 aromatic rings. The van der Waals surface area contributed by atoms with Crippen LogP contribution < -0.4 is 11.5 Å². The highest BCUT2D eigenvalue weighted by Crippen LogP contribution is 2.61. The van der Waals surface area contributed by atoms with Crippen LogP contribution in [0.5, 0.6) is 0 Å². The number of nitrogens with zero attached hydrogens (tertiary/aromatic N) is 8. The van der Waals surface area contributed by atoms with Crippen LogP contribution in [0.25, 0.3) is 22.3 Å². The van der Waals surface area contributed by atoms with E-state index in [1.165, 1.54) is 34.4 Å². The summed E-state index contributed by atoms with van der Waals surface area (Å²) in [6, 6.07) is 0. The molecule has 0 amide bonds. The summed E-state index contributed by atoms with van der Waals surface area (Å²) in [7, 11) is 0.254. The maximum atomic E-state index is 13.9. The average molecular weight is 703 g/mol. The maximum Gasteiger partial charge on any atom is 0.418 e. The fraction of sp³-hybridized carbons (Fsp3) is 0.476. The zero-order valence-electron chi connectivity index (χ0n) is 22.6. The lowest BCUT2D eigenvalue weighted by Gasteiger charge is -2.26. The van der Waals surface area contributed by atoms with Gasteiger partial charge in [-0.05, 0) is 10.8 Å². The lowest BCUT2D eigenvalue weighted by molar-refractivity contribution is -0.0575. The summed E-state index contributed by atoms with van der Waals surface area (Å²) in [6.07, 6.45) is -5.72. The number of hydrogen-bond acceptors (Lipinski definition) is 18. The van der Waals surface area contributed by atoms with Crippen LogP contribution in [0.3, 0.4) is 0 Å². The van der Waals surface area contributed by atoms with E-state index in [1.54, 1.807) is 0 Å². The van der Waals surface area contributed by atoms with Crippen molar-refractivity contribution in [1.82, 2.24) is 39.0 Å². The minimum atomic E-state index is -4.32. The summed E-state index contributed by atoms with van der Waals surface area (Å²) in [5.41, 5.74) is 18.5. The Bertz CT molecular complexity index is 1930. The molecule has 7 heterocycles. The number of fused-ring (bicyclic) bond motifs is 5. The lowest BCUT2D eigenvalue weighted by atomic mass is 10.1. The normalized spacial score (nSPS) is 37.6. The first-order valence-electron chi connectivity index (χ1n) is 13.0. The Morgan fingerprint density at radius 2 is 1.40 bits per heavy atom. The lowest BCUT2D eigenvalue weighted by Crippen LogP contribution is -2.35. The molecule has 0 aromatic carbocycles. The van der Waals surface area contributed by atoms with Crippen LogP contribution in [0, 0.1) is 5.69 Å². The maximum absolute atomic E-state index is 13.9. The second-order valence-corrected chi connectivity index (χ2v) is 16.5. The first-order valence-corrected chi connectivity index (χ1v) is 18.7. The van der Waals surface area contributed by atoms with Crippen molar-refractivity contribution in [3.63, 3.8) is 0 Å². The largest absolute Gasteiger partial charge is 0.418 e. The molecule has 0 unspecified atom stereocenters. The number of aliphatic hydroxyl groups is 2. The van der Waals surface area contributed by atoms with Gasteiger partial charge in [0.2, 0.25) is 0 Å². The molecular weight excluding hydrogens is 678 g/mol. The van der Waals surface area contributed by atoms with Gasteiger partial charge in [0.05, 0.1) is 25.9 Å². The highest BCUT2D eigenvalue weighted by Gasteiger charge is 2.53. The third kappa shape index (κ3) is 5.40. The monoisotopic (exact) mass is 702 g/mol. The van der Waals surface area contributed by atoms with Gasteiger partial charge in [0.15, 0.2) is 35.4 Å². The summed E-state index contributed by atoms with van der Waals surface area (Å²) in [6.45, 7) is -9.72. The quantitative estimate of drug-likeness (QED) is 0.142. The van der Waals surface area contributed by atoms with E-state index in [0.717, 1.165) is 0 Å². The first kappa shape index (κ1) is 30.8. The molecule has 24 heteroatoms. The number of thiol groups is 1. The van der Waals surface area contributed by atoms with Gasteiger partial charge in [-0.1, -0.05) is 17.9 Å². The SMILES string of the molecule is C#S[P@]1(=O)OC[C@H]2O[C@@H](n3cnc4c(N)ncnc43)[C@H](O)[C@@H]2O[P@](=O)(S)OC[C@H]2O[C@@H](n3cnc4c(N)ncnc43)[C@H](O1)[C@@H]2O. The fourth-order valence-electron chi connectivity index (χ4n) is 5.27. The fourth-order valence-corrected chi connectivity index (χ4v) is 8.60. The molecule has 10 atom stereocenters. The molecule has 20 nitrogen and oxygen atoms in total. The summed E-state index contributed by atoms with van der Waals surface area (Å²) < 4.78 is 64.8. The molecule has 4 aromatic heterocycles. The molecular formula is C21H24N10O10P2S2. The standard InChI is InChI=1S/C21H24N10O10P2S2/c1-45-43(35)37-3-9-14(13(33)20(39-9)30-6-28-10-16(22)24-4-26-18(10)30)40-42(34,44)36-2-8-12(32)15(41-43)21(38-8)31-7-29-11-17(23)25-5-27-19(11)31/h1,4-9,12-15,20-21,32-33H,2-3H2,(H,34,44)(H2,22,24,26)(H2,23,25,27)/t8-,9-,12-,13-,14-,15-,20-,21-,42-,43-/m1/s1. The van der Waals surface area contributed by atoms with Crippen LogP contribution >= 0.6 is 36.6 Å². The van der Waals surface area contributed by atoms with Crippen LogP contribution in [0.15, 0.2) is 25.3 Å². The summed E-state index contributed by atoms with van der Waals surface area (Å²) >= 11 is 4.08. The van der Waals surface area contributed by atoms with E-state index in [4.69, 9.17) is 44.7 Å². The molecule has 6 N–H and O–H groups in total. The molecule has 3 fully saturated rings. The van der Waals surface area contributed by atoms with Gasteiger partial charge in [0.25, 0.3) is 0 Å². The van der Waals surface area contributed by atoms with Crippen molar-refractivity contribution in [2.75, 3.05) is 24.7 Å². The van der Waals surface area contributed by atoms with Gasteiger partial charge in [0, 0.05) is 0 Å². The van der Waals surface area contributed by atoms with Crippen LogP contribution in [0.2, 0.25) is 0 Å². The van der Waals surface area contributed by atoms with Crippen LogP contribution in [0.4, 0.5) is 11.6 Å². The van der Waals surface area contributed by atoms with Gasteiger partial charge < -0.3 is 31.2 Å². The van der Waals surface area contributed by atoms with Crippen molar-refractivity contribution in [2.45, 2.75) is 49.1 Å². The van der Waals surface area contributed by atoms with E-state index in [9.17, 15) is 19.3 Å². The van der Waals surface area contributed by atoms with Gasteiger partial charge >= 0.3 is 13.6 Å². The second-order valence-electron chi connectivity index (χ2n) is 10.0. The van der Waals surface area contributed by atoms with E-state index in [2.05, 4.69) is 42.2 Å². The van der Waals surface area contributed by atoms with Gasteiger partial charge in [-0.15, -0.1) is 0 Å². The van der Waals surface area contributed by atoms with Crippen molar-refractivity contribution < 1.29 is 46.9 Å². The molecule has 0 radical (unpaired) electrons. The third-order valence-electron chi connectivity index (χ3n) is 7.38. The Morgan fingerprint density at radius 1 is 0.822 bits per heavy atom. The van der Waals surface area contributed by atoms with Gasteiger partial charge in [-0.25, -0.2) is 39.0 Å². The number of hydrogen-bond donors (Lipinski definition) is 5. The zero-order valence-corrected chi connectivity index (χ0v) is 26.1. The second kappa shape index (κ2) is 11.5. The summed E-state index contributed by atoms with van der Waals surface area (Å²) in [5, 5.41) is 22.5. The van der Waals surface area contributed by atoms with E-state index in [1.807, 2.05) is 0 Å². The van der Waals surface area contributed by atoms with Crippen molar-refractivity contribution >= 4 is 70.6 Å². The molecule has 45 heavy (non-hydrogen) atoms. The highest BCUT2D eigenvalue weighted by atomic mass is 32.7. The molecule has 3 aliphatic rings. The number of aliphatic hydroxyl groups excluding tert-OH is 2. The topological polar surface area (TPSA) is 269 Å². The van der Waals surface area contributed by atoms with Gasteiger partial charge in [0.1, 0.15) is 60.3 Å². The van der Waals surface area contributed by atoms with E-state index < -0.39 is 75.9 Å². The predicted molar refractivity (Wildman–Crippen MR) is 158 cm³/mol. The van der Waals surface area contributed by atoms with Crippen LogP contribution in [-0.4, -0.2) is 99.1 Å². The first-order chi connectivity index (χ1) is 21.5. The third-order valence-corrected chi connectivity index (χ3v) is 11.6. The summed E-state index contributed by atoms with van der Waals surface area (Å²) in [4.78, 5) is 24.5. The Balaban J connectivity index is 1.22.